The van der Waals surface area contributed by atoms with E-state index in [0.717, 1.165) is 19.2 Å². The van der Waals surface area contributed by atoms with E-state index in [9.17, 15) is 41.4 Å². The van der Waals surface area contributed by atoms with Crippen molar-refractivity contribution >= 4 is 87.1 Å². The van der Waals surface area contributed by atoms with Gasteiger partial charge >= 0.3 is 24.1 Å². The van der Waals surface area contributed by atoms with Crippen molar-refractivity contribution < 1.29 is 66.0 Å². The highest BCUT2D eigenvalue weighted by atomic mass is 79.9. The Balaban J connectivity index is 0.000000802. The summed E-state index contributed by atoms with van der Waals surface area (Å²) in [5, 5.41) is 22.6. The second kappa shape index (κ2) is 21.9. The number of aromatic nitrogens is 2. The molecule has 1 atom stereocenters. The summed E-state index contributed by atoms with van der Waals surface area (Å²) in [5.41, 5.74) is -1.97. The molecule has 0 aliphatic carbocycles. The summed E-state index contributed by atoms with van der Waals surface area (Å²) in [4.78, 5) is 50.5. The number of carbonyl (C=O) groups excluding carboxylic acids is 1. The molecule has 0 fully saturated rings. The summed E-state index contributed by atoms with van der Waals surface area (Å²) in [6.07, 6.45) is 0.732. The number of esters is 1. The van der Waals surface area contributed by atoms with Crippen LogP contribution in [-0.2, 0) is 38.2 Å². The van der Waals surface area contributed by atoms with Gasteiger partial charge in [0.15, 0.2) is 11.4 Å². The van der Waals surface area contributed by atoms with Crippen molar-refractivity contribution in [3.8, 4) is 17.0 Å². The summed E-state index contributed by atoms with van der Waals surface area (Å²) in [5.74, 6) is -3.98. The van der Waals surface area contributed by atoms with Gasteiger partial charge in [0.2, 0.25) is 0 Å². The number of nitrogens with zero attached hydrogens (tertiary/aromatic N) is 2. The van der Waals surface area contributed by atoms with E-state index in [1.807, 2.05) is 5.32 Å². The zero-order valence-electron chi connectivity index (χ0n) is 28.3. The molecule has 3 rings (SSSR count). The van der Waals surface area contributed by atoms with Crippen molar-refractivity contribution in [3.63, 3.8) is 0 Å². The number of aromatic carboxylic acids is 1. The number of aliphatic carboxylic acids is 1. The van der Waals surface area contributed by atoms with Crippen molar-refractivity contribution in [1.82, 2.24) is 15.1 Å². The molecule has 0 bridgehead atoms. The predicted octanol–water partition coefficient (Wildman–Crippen LogP) is 6.58. The third-order valence-corrected chi connectivity index (χ3v) is 7.50. The summed E-state index contributed by atoms with van der Waals surface area (Å²) in [6.45, 7) is 2.75. The Morgan fingerprint density at radius 2 is 1.62 bits per heavy atom. The van der Waals surface area contributed by atoms with Crippen LogP contribution in [-0.4, -0.2) is 87.6 Å². The van der Waals surface area contributed by atoms with E-state index >= 15 is 0 Å². The molecule has 2 aromatic carbocycles. The van der Waals surface area contributed by atoms with Crippen molar-refractivity contribution in [2.75, 3.05) is 38.7 Å². The third kappa shape index (κ3) is 17.0. The average molecular weight is 910 g/mol. The number of benzene rings is 2. The van der Waals surface area contributed by atoms with Crippen LogP contribution in [0.3, 0.4) is 0 Å². The van der Waals surface area contributed by atoms with Crippen LogP contribution in [0.1, 0.15) is 40.3 Å². The molecule has 0 spiro atoms. The monoisotopic (exact) mass is 907 g/mol. The van der Waals surface area contributed by atoms with Crippen molar-refractivity contribution in [2.24, 2.45) is 7.05 Å². The minimum absolute atomic E-state index is 0.0849. The van der Waals surface area contributed by atoms with E-state index in [1.54, 1.807) is 13.8 Å². The zero-order valence-corrected chi connectivity index (χ0v) is 33.8. The highest BCUT2D eigenvalue weighted by Gasteiger charge is 2.39. The molecule has 0 aliphatic rings. The van der Waals surface area contributed by atoms with Crippen molar-refractivity contribution in [1.29, 1.82) is 0 Å². The SMILES string of the molecule is CC(C)OC(=O)c1cc(-c2nn(C)c(C(F)(F)F)c2Br)c(F)cc1Cl.COc1c(Cl)ccc(Cl)c1C(=O)O.C[S+](C)C.O=C(O)CNCP(=O)([O-])O. The Bertz CT molecular complexity index is 1760. The quantitative estimate of drug-likeness (QED) is 0.0779. The van der Waals surface area contributed by atoms with Crippen LogP contribution in [0.5, 0.6) is 5.75 Å². The Morgan fingerprint density at radius 1 is 1.10 bits per heavy atom. The Morgan fingerprint density at radius 3 is 2.00 bits per heavy atom. The van der Waals surface area contributed by atoms with Crippen LogP contribution < -0.4 is 14.9 Å². The number of hydrogen-bond acceptors (Lipinski definition) is 9. The number of halogens is 8. The van der Waals surface area contributed by atoms with Gasteiger partial charge in [-0.2, -0.15) is 18.3 Å². The van der Waals surface area contributed by atoms with Crippen molar-refractivity contribution in [2.45, 2.75) is 26.1 Å². The summed E-state index contributed by atoms with van der Waals surface area (Å²) in [7, 11) is -1.29. The van der Waals surface area contributed by atoms with Gasteiger partial charge in [-0.25, -0.2) is 14.0 Å². The molecule has 23 heteroatoms. The Labute approximate surface area is 322 Å². The molecule has 1 unspecified atom stereocenters. The maximum Gasteiger partial charge on any atom is 0.434 e. The molecule has 0 saturated heterocycles. The van der Waals surface area contributed by atoms with Gasteiger partial charge in [-0.05, 0) is 64.9 Å². The fourth-order valence-corrected chi connectivity index (χ4v) is 5.24. The molecule has 1 aromatic heterocycles. The number of carbonyl (C=O) groups is 3. The molecule has 1 heterocycles. The first-order valence-corrected chi connectivity index (χ1v) is 20.0. The molecule has 0 aliphatic heterocycles. The zero-order chi connectivity index (χ0) is 40.9. The van der Waals surface area contributed by atoms with E-state index in [0.29, 0.717) is 15.6 Å². The highest BCUT2D eigenvalue weighted by Crippen LogP contribution is 2.41. The van der Waals surface area contributed by atoms with Gasteiger partial charge in [-0.3, -0.25) is 14.8 Å². The summed E-state index contributed by atoms with van der Waals surface area (Å²) >= 11 is 20.0. The van der Waals surface area contributed by atoms with E-state index in [2.05, 4.69) is 39.8 Å². The number of nitrogens with one attached hydrogen (secondary N) is 1. The van der Waals surface area contributed by atoms with Gasteiger partial charge < -0.3 is 34.0 Å². The number of aryl methyl sites for hydroxylation is 1. The average Bonchev–Trinajstić information content (AvgIpc) is 3.26. The minimum Gasteiger partial charge on any atom is -0.778 e. The number of carboxylic acids is 2. The number of carboxylic acid groups (broad SMARTS) is 2. The van der Waals surface area contributed by atoms with Crippen LogP contribution in [0.2, 0.25) is 15.1 Å². The molecule has 13 nitrogen and oxygen atoms in total. The molecule has 292 valence electrons. The van der Waals surface area contributed by atoms with Gasteiger partial charge in [0.25, 0.3) is 0 Å². The van der Waals surface area contributed by atoms with Crippen LogP contribution in [0.25, 0.3) is 11.3 Å². The smallest absolute Gasteiger partial charge is 0.434 e. The van der Waals surface area contributed by atoms with Crippen LogP contribution in [0.4, 0.5) is 17.6 Å². The molecular formula is C29H34BrCl3F4N3O10PS. The first kappa shape index (κ1) is 49.4. The first-order chi connectivity index (χ1) is 23.7. The molecule has 4 N–H and O–H groups in total. The summed E-state index contributed by atoms with van der Waals surface area (Å²) < 4.78 is 73.4. The minimum atomic E-state index is -4.69. The number of hydrogen-bond donors (Lipinski definition) is 4. The lowest BCUT2D eigenvalue weighted by Gasteiger charge is -2.14. The molecule has 3 aromatic rings. The lowest BCUT2D eigenvalue weighted by Crippen LogP contribution is -2.25. The van der Waals surface area contributed by atoms with E-state index in [1.165, 1.54) is 19.2 Å². The van der Waals surface area contributed by atoms with Crippen molar-refractivity contribution in [3.05, 3.63) is 66.4 Å². The van der Waals surface area contributed by atoms with Gasteiger partial charge in [0.05, 0.1) is 69.9 Å². The van der Waals surface area contributed by atoms with Gasteiger partial charge in [0.1, 0.15) is 24.7 Å². The van der Waals surface area contributed by atoms with E-state index in [4.69, 9.17) is 59.4 Å². The fraction of sp³-hybridized carbons (Fsp3) is 0.379. The van der Waals surface area contributed by atoms with Crippen LogP contribution in [0.15, 0.2) is 28.7 Å². The molecule has 0 radical (unpaired) electrons. The number of methoxy groups -OCH3 is 1. The molecule has 52 heavy (non-hydrogen) atoms. The third-order valence-electron chi connectivity index (χ3n) is 5.20. The molecular weight excluding hydrogens is 876 g/mol. The lowest BCUT2D eigenvalue weighted by atomic mass is 10.1. The summed E-state index contributed by atoms with van der Waals surface area (Å²) in [6, 6.07) is 4.75. The van der Waals surface area contributed by atoms with Gasteiger partial charge in [0, 0.05) is 12.6 Å². The topological polar surface area (TPSA) is 200 Å². The number of rotatable bonds is 9. The second-order valence-electron chi connectivity index (χ2n) is 10.5. The van der Waals surface area contributed by atoms with Gasteiger partial charge in [-0.15, -0.1) is 0 Å². The highest BCUT2D eigenvalue weighted by molar-refractivity contribution is 9.10. The maximum absolute atomic E-state index is 14.3. The van der Waals surface area contributed by atoms with Gasteiger partial charge in [-0.1, -0.05) is 34.8 Å². The molecule has 0 saturated carbocycles. The van der Waals surface area contributed by atoms with Crippen LogP contribution >= 0.6 is 58.3 Å². The Kier molecular flexibility index (Phi) is 20.8. The number of ether oxygens (including phenoxy) is 2. The maximum atomic E-state index is 14.3. The standard InChI is InChI=1S/C15H12BrClF4N2O2.C8H6Cl2O3.C3H8NO5P.C3H9S/c1-6(2)25-14(24)7-4-8(10(18)5-9(7)17)12-11(16)13(15(19,20)21)23(3)22-12;1-13-7-5(10)3-2-4(9)6(7)8(11)12;5-3(6)1-4-2-10(7,8)9;1-4(2)3/h4-6H,1-3H3;2-3H,1H3,(H,11,12);4H,1-2H2,(H,5,6)(H2,7,8,9);1-3H3/q;;;+1/p-1. The van der Waals surface area contributed by atoms with Crippen LogP contribution in [0, 0.1) is 5.82 Å². The number of alkyl halides is 3. The van der Waals surface area contributed by atoms with E-state index < -0.39 is 66.6 Å². The fourth-order valence-electron chi connectivity index (χ4n) is 3.38. The first-order valence-electron chi connectivity index (χ1n) is 13.9. The Hall–Kier alpha value is -2.61. The predicted molar refractivity (Wildman–Crippen MR) is 192 cm³/mol. The lowest BCUT2D eigenvalue weighted by molar-refractivity contribution is -0.193. The van der Waals surface area contributed by atoms with E-state index in [-0.39, 0.29) is 43.2 Å². The second-order valence-corrected chi connectivity index (χ2v) is 16.5. The molecule has 0 amide bonds. The normalized spacial score (nSPS) is 12.0. The largest absolute Gasteiger partial charge is 0.778 e.